The molecule has 0 bridgehead atoms. The Hall–Kier alpha value is -2.43. The summed E-state index contributed by atoms with van der Waals surface area (Å²) < 4.78 is 13.3. The second-order valence-electron chi connectivity index (χ2n) is 3.61. The fourth-order valence-electron chi connectivity index (χ4n) is 1.41. The largest absolute Gasteiger partial charge is 0.334 e. The second kappa shape index (κ2) is 5.77. The average Bonchev–Trinajstić information content (AvgIpc) is 2.39. The number of benzene rings is 1. The molecule has 1 heterocycles. The number of nitrogens with one attached hydrogen (secondary N) is 2. The highest BCUT2D eigenvalue weighted by atomic mass is 19.1. The van der Waals surface area contributed by atoms with Crippen LogP contribution in [0, 0.1) is 5.82 Å². The second-order valence-corrected chi connectivity index (χ2v) is 3.61. The number of halogens is 1. The fourth-order valence-corrected chi connectivity index (χ4v) is 1.41. The fraction of sp³-hybridized carbons (Fsp3) is 0.0769. The van der Waals surface area contributed by atoms with E-state index >= 15 is 0 Å². The van der Waals surface area contributed by atoms with Crippen LogP contribution in [-0.2, 0) is 6.54 Å². The lowest BCUT2D eigenvalue weighted by molar-refractivity contribution is 0.251. The van der Waals surface area contributed by atoms with Gasteiger partial charge in [0.2, 0.25) is 0 Å². The van der Waals surface area contributed by atoms with Gasteiger partial charge in [-0.3, -0.25) is 5.32 Å². The molecule has 0 aliphatic rings. The van der Waals surface area contributed by atoms with Crippen molar-refractivity contribution < 1.29 is 9.18 Å². The van der Waals surface area contributed by atoms with Crippen LogP contribution in [0.25, 0.3) is 0 Å². The van der Waals surface area contributed by atoms with Gasteiger partial charge in [0.15, 0.2) is 0 Å². The first-order valence-corrected chi connectivity index (χ1v) is 5.45. The van der Waals surface area contributed by atoms with E-state index in [1.54, 1.807) is 42.6 Å². The first-order valence-electron chi connectivity index (χ1n) is 5.45. The molecule has 0 aliphatic carbocycles. The number of pyridine rings is 1. The van der Waals surface area contributed by atoms with E-state index in [4.69, 9.17) is 0 Å². The van der Waals surface area contributed by atoms with Crippen LogP contribution in [-0.4, -0.2) is 11.0 Å². The molecule has 1 aromatic carbocycles. The van der Waals surface area contributed by atoms with Crippen LogP contribution in [0.3, 0.4) is 0 Å². The predicted molar refractivity (Wildman–Crippen MR) is 66.5 cm³/mol. The summed E-state index contributed by atoms with van der Waals surface area (Å²) in [6, 6.07) is 11.1. The van der Waals surface area contributed by atoms with Gasteiger partial charge in [-0.1, -0.05) is 24.3 Å². The van der Waals surface area contributed by atoms with Gasteiger partial charge in [-0.25, -0.2) is 14.2 Å². The van der Waals surface area contributed by atoms with Gasteiger partial charge in [0, 0.05) is 18.3 Å². The maximum Gasteiger partial charge on any atom is 0.320 e. The molecule has 2 aromatic rings. The van der Waals surface area contributed by atoms with Gasteiger partial charge >= 0.3 is 6.03 Å². The summed E-state index contributed by atoms with van der Waals surface area (Å²) in [5.74, 6) is 0.110. The molecule has 18 heavy (non-hydrogen) atoms. The quantitative estimate of drug-likeness (QED) is 0.873. The third-order valence-electron chi connectivity index (χ3n) is 2.30. The van der Waals surface area contributed by atoms with E-state index in [-0.39, 0.29) is 12.4 Å². The zero-order valence-corrected chi connectivity index (χ0v) is 9.56. The van der Waals surface area contributed by atoms with Gasteiger partial charge in [-0.05, 0) is 18.2 Å². The predicted octanol–water partition coefficient (Wildman–Crippen LogP) is 2.54. The van der Waals surface area contributed by atoms with Crippen molar-refractivity contribution in [3.8, 4) is 0 Å². The topological polar surface area (TPSA) is 54.0 Å². The van der Waals surface area contributed by atoms with Crippen LogP contribution in [0.4, 0.5) is 15.0 Å². The van der Waals surface area contributed by atoms with Gasteiger partial charge in [-0.2, -0.15) is 0 Å². The highest BCUT2D eigenvalue weighted by Crippen LogP contribution is 2.05. The van der Waals surface area contributed by atoms with Gasteiger partial charge in [0.25, 0.3) is 0 Å². The molecular formula is C13H12FN3O. The Balaban J connectivity index is 1.88. The lowest BCUT2D eigenvalue weighted by atomic mass is 10.2. The maximum atomic E-state index is 13.3. The first-order chi connectivity index (χ1) is 8.75. The lowest BCUT2D eigenvalue weighted by Gasteiger charge is -2.07. The summed E-state index contributed by atoms with van der Waals surface area (Å²) in [6.07, 6.45) is 1.58. The molecule has 0 radical (unpaired) electrons. The zero-order valence-electron chi connectivity index (χ0n) is 9.56. The van der Waals surface area contributed by atoms with E-state index in [1.165, 1.54) is 6.07 Å². The van der Waals surface area contributed by atoms with Crippen molar-refractivity contribution in [2.75, 3.05) is 5.32 Å². The number of carbonyl (C=O) groups is 1. The number of aromatic nitrogens is 1. The average molecular weight is 245 g/mol. The lowest BCUT2D eigenvalue weighted by Crippen LogP contribution is -2.28. The van der Waals surface area contributed by atoms with Crippen LogP contribution in [0.15, 0.2) is 48.7 Å². The number of nitrogens with zero attached hydrogens (tertiary/aromatic N) is 1. The van der Waals surface area contributed by atoms with E-state index in [0.717, 1.165) is 0 Å². The molecule has 0 atom stereocenters. The molecule has 5 heteroatoms. The molecule has 0 saturated heterocycles. The van der Waals surface area contributed by atoms with Crippen molar-refractivity contribution in [2.24, 2.45) is 0 Å². The van der Waals surface area contributed by atoms with Gasteiger partial charge < -0.3 is 5.32 Å². The Kier molecular flexibility index (Phi) is 3.86. The molecule has 2 rings (SSSR count). The van der Waals surface area contributed by atoms with Gasteiger partial charge in [0.05, 0.1) is 0 Å². The molecule has 4 nitrogen and oxygen atoms in total. The number of hydrogen-bond donors (Lipinski definition) is 2. The molecule has 0 spiro atoms. The number of carbonyl (C=O) groups excluding carboxylic acids is 1. The van der Waals surface area contributed by atoms with Crippen molar-refractivity contribution in [2.45, 2.75) is 6.54 Å². The van der Waals surface area contributed by atoms with Gasteiger partial charge in [-0.15, -0.1) is 0 Å². The molecule has 92 valence electrons. The minimum atomic E-state index is -0.419. The molecule has 2 amide bonds. The Labute approximate surface area is 104 Å². The summed E-state index contributed by atoms with van der Waals surface area (Å²) in [5.41, 5.74) is 0.439. The van der Waals surface area contributed by atoms with E-state index in [0.29, 0.717) is 11.4 Å². The van der Waals surface area contributed by atoms with Crippen LogP contribution in [0.2, 0.25) is 0 Å². The summed E-state index contributed by atoms with van der Waals surface area (Å²) >= 11 is 0. The van der Waals surface area contributed by atoms with Crippen molar-refractivity contribution in [1.29, 1.82) is 0 Å². The number of amides is 2. The highest BCUT2D eigenvalue weighted by molar-refractivity contribution is 5.88. The Morgan fingerprint density at radius 2 is 1.94 bits per heavy atom. The standard InChI is InChI=1S/C13H12FN3O/c14-11-6-2-1-5-10(11)9-16-13(18)17-12-7-3-4-8-15-12/h1-8H,9H2,(H2,15,16,17,18). The van der Waals surface area contributed by atoms with Crippen molar-refractivity contribution in [3.05, 3.63) is 60.0 Å². The minimum absolute atomic E-state index is 0.130. The van der Waals surface area contributed by atoms with Crippen LogP contribution < -0.4 is 10.6 Å². The Morgan fingerprint density at radius 1 is 1.17 bits per heavy atom. The first kappa shape index (κ1) is 12.0. The maximum absolute atomic E-state index is 13.3. The van der Waals surface area contributed by atoms with Crippen molar-refractivity contribution in [3.63, 3.8) is 0 Å². The number of hydrogen-bond acceptors (Lipinski definition) is 2. The van der Waals surface area contributed by atoms with Crippen molar-refractivity contribution in [1.82, 2.24) is 10.3 Å². The van der Waals surface area contributed by atoms with E-state index in [2.05, 4.69) is 15.6 Å². The molecule has 0 aliphatic heterocycles. The number of anilines is 1. The van der Waals surface area contributed by atoms with Crippen LogP contribution in [0.5, 0.6) is 0 Å². The summed E-state index contributed by atoms with van der Waals surface area (Å²) in [4.78, 5) is 15.5. The zero-order chi connectivity index (χ0) is 12.8. The highest BCUT2D eigenvalue weighted by Gasteiger charge is 2.04. The van der Waals surface area contributed by atoms with Crippen molar-refractivity contribution >= 4 is 11.8 Å². The third kappa shape index (κ3) is 3.28. The van der Waals surface area contributed by atoms with Crippen LogP contribution >= 0.6 is 0 Å². The molecule has 0 saturated carbocycles. The van der Waals surface area contributed by atoms with Crippen LogP contribution in [0.1, 0.15) is 5.56 Å². The third-order valence-corrected chi connectivity index (χ3v) is 2.30. The molecule has 1 aromatic heterocycles. The number of rotatable bonds is 3. The minimum Gasteiger partial charge on any atom is -0.334 e. The normalized spacial score (nSPS) is 9.83. The van der Waals surface area contributed by atoms with Gasteiger partial charge in [0.1, 0.15) is 11.6 Å². The summed E-state index contributed by atoms with van der Waals surface area (Å²) in [7, 11) is 0. The smallest absolute Gasteiger partial charge is 0.320 e. The summed E-state index contributed by atoms with van der Waals surface area (Å²) in [6.45, 7) is 0.130. The molecule has 0 fully saturated rings. The molecule has 2 N–H and O–H groups in total. The van der Waals surface area contributed by atoms with E-state index in [9.17, 15) is 9.18 Å². The number of urea groups is 1. The SMILES string of the molecule is O=C(NCc1ccccc1F)Nc1ccccn1. The van der Waals surface area contributed by atoms with E-state index < -0.39 is 6.03 Å². The summed E-state index contributed by atoms with van der Waals surface area (Å²) in [5, 5.41) is 5.11. The Morgan fingerprint density at radius 3 is 2.67 bits per heavy atom. The Bertz CT molecular complexity index is 531. The monoisotopic (exact) mass is 245 g/mol. The van der Waals surface area contributed by atoms with E-state index in [1.807, 2.05) is 0 Å². The molecule has 0 unspecified atom stereocenters. The molecular weight excluding hydrogens is 233 g/mol.